The monoisotopic (exact) mass is 374 g/mol. The van der Waals surface area contributed by atoms with E-state index in [2.05, 4.69) is 5.16 Å². The SMILES string of the molecule is COCc1c(C(=O)N2CC[C@@H](c3ccc4c(c3)OCO4)[C@H](O)C2)noc1C. The van der Waals surface area contributed by atoms with Gasteiger partial charge in [-0.25, -0.2) is 0 Å². The van der Waals surface area contributed by atoms with Gasteiger partial charge in [0.1, 0.15) is 5.76 Å². The van der Waals surface area contributed by atoms with Crippen molar-refractivity contribution in [2.75, 3.05) is 27.0 Å². The third-order valence-electron chi connectivity index (χ3n) is 5.17. The molecule has 8 nitrogen and oxygen atoms in total. The molecule has 2 aliphatic rings. The number of carbonyl (C=O) groups is 1. The zero-order valence-corrected chi connectivity index (χ0v) is 15.3. The number of β-amino-alcohol motifs (C(OH)–C–C–N with tert-alkyl or cyclic N) is 1. The summed E-state index contributed by atoms with van der Waals surface area (Å²) >= 11 is 0. The number of amides is 1. The lowest BCUT2D eigenvalue weighted by atomic mass is 9.86. The van der Waals surface area contributed by atoms with Crippen LogP contribution in [0.15, 0.2) is 22.7 Å². The van der Waals surface area contributed by atoms with Gasteiger partial charge < -0.3 is 28.7 Å². The van der Waals surface area contributed by atoms with E-state index in [-0.39, 0.29) is 37.5 Å². The summed E-state index contributed by atoms with van der Waals surface area (Å²) in [6.07, 6.45) is -0.0369. The number of aliphatic hydroxyl groups is 1. The molecule has 2 aliphatic heterocycles. The van der Waals surface area contributed by atoms with Crippen LogP contribution in [0.2, 0.25) is 0 Å². The van der Waals surface area contributed by atoms with Gasteiger partial charge in [-0.05, 0) is 31.0 Å². The Kier molecular flexibility index (Phi) is 4.75. The van der Waals surface area contributed by atoms with Crippen molar-refractivity contribution in [3.8, 4) is 11.5 Å². The molecule has 144 valence electrons. The number of hydrogen-bond donors (Lipinski definition) is 1. The Hall–Kier alpha value is -2.58. The third-order valence-corrected chi connectivity index (χ3v) is 5.17. The van der Waals surface area contributed by atoms with Gasteiger partial charge in [0.2, 0.25) is 6.79 Å². The van der Waals surface area contributed by atoms with E-state index in [1.807, 2.05) is 18.2 Å². The Morgan fingerprint density at radius 3 is 2.96 bits per heavy atom. The zero-order valence-electron chi connectivity index (χ0n) is 15.3. The summed E-state index contributed by atoms with van der Waals surface area (Å²) in [5, 5.41) is 14.6. The molecule has 2 atom stereocenters. The molecule has 0 aliphatic carbocycles. The molecule has 1 fully saturated rings. The van der Waals surface area contributed by atoms with Gasteiger partial charge in [0.25, 0.3) is 5.91 Å². The van der Waals surface area contributed by atoms with E-state index in [1.54, 1.807) is 18.9 Å². The Balaban J connectivity index is 1.48. The molecule has 8 heteroatoms. The van der Waals surface area contributed by atoms with Crippen molar-refractivity contribution in [1.82, 2.24) is 10.1 Å². The quantitative estimate of drug-likeness (QED) is 0.873. The largest absolute Gasteiger partial charge is 0.454 e. The molecule has 1 amide bonds. The molecule has 1 aromatic carbocycles. The van der Waals surface area contributed by atoms with E-state index in [4.69, 9.17) is 18.7 Å². The van der Waals surface area contributed by atoms with Gasteiger partial charge in [-0.1, -0.05) is 11.2 Å². The van der Waals surface area contributed by atoms with Gasteiger partial charge in [0.05, 0.1) is 18.3 Å². The number of nitrogens with zero attached hydrogens (tertiary/aromatic N) is 2. The molecule has 1 aromatic heterocycles. The standard InChI is InChI=1S/C19H22N2O6/c1-11-14(9-24-2)18(20-27-11)19(23)21-6-5-13(15(22)8-21)12-3-4-16-17(7-12)26-10-25-16/h3-4,7,13,15,22H,5-6,8-10H2,1-2H3/t13-,15+/m0/s1. The molecular weight excluding hydrogens is 352 g/mol. The fourth-order valence-electron chi connectivity index (χ4n) is 3.67. The second-order valence-electron chi connectivity index (χ2n) is 6.83. The predicted octanol–water partition coefficient (Wildman–Crippen LogP) is 1.85. The second kappa shape index (κ2) is 7.21. The highest BCUT2D eigenvalue weighted by Gasteiger charge is 2.34. The van der Waals surface area contributed by atoms with Gasteiger partial charge in [0.15, 0.2) is 17.2 Å². The Morgan fingerprint density at radius 1 is 1.37 bits per heavy atom. The number of fused-ring (bicyclic) bond motifs is 1. The second-order valence-corrected chi connectivity index (χ2v) is 6.83. The van der Waals surface area contributed by atoms with Crippen molar-refractivity contribution >= 4 is 5.91 Å². The van der Waals surface area contributed by atoms with Gasteiger partial charge >= 0.3 is 0 Å². The van der Waals surface area contributed by atoms with Crippen LogP contribution < -0.4 is 9.47 Å². The summed E-state index contributed by atoms with van der Waals surface area (Å²) in [5.41, 5.74) is 1.88. The average molecular weight is 374 g/mol. The van der Waals surface area contributed by atoms with Gasteiger partial charge in [-0.15, -0.1) is 0 Å². The summed E-state index contributed by atoms with van der Waals surface area (Å²) in [6.45, 7) is 2.98. The van der Waals surface area contributed by atoms with Crippen LogP contribution in [-0.2, 0) is 11.3 Å². The number of methoxy groups -OCH3 is 1. The number of aromatic nitrogens is 1. The number of hydrogen-bond acceptors (Lipinski definition) is 7. The highest BCUT2D eigenvalue weighted by atomic mass is 16.7. The first-order chi connectivity index (χ1) is 13.1. The minimum Gasteiger partial charge on any atom is -0.454 e. The molecule has 0 saturated carbocycles. The Bertz CT molecular complexity index is 849. The smallest absolute Gasteiger partial charge is 0.276 e. The highest BCUT2D eigenvalue weighted by Crippen LogP contribution is 2.37. The number of carbonyl (C=O) groups excluding carboxylic acids is 1. The molecular formula is C19H22N2O6. The van der Waals surface area contributed by atoms with Gasteiger partial charge in [0, 0.05) is 26.1 Å². The van der Waals surface area contributed by atoms with Crippen molar-refractivity contribution in [2.24, 2.45) is 0 Å². The van der Waals surface area contributed by atoms with E-state index < -0.39 is 6.10 Å². The van der Waals surface area contributed by atoms with Crippen LogP contribution in [0, 0.1) is 6.92 Å². The van der Waals surface area contributed by atoms with Crippen LogP contribution in [-0.4, -0.2) is 54.2 Å². The molecule has 27 heavy (non-hydrogen) atoms. The van der Waals surface area contributed by atoms with Crippen molar-refractivity contribution < 1.29 is 28.6 Å². The number of piperidine rings is 1. The van der Waals surface area contributed by atoms with Crippen molar-refractivity contribution in [1.29, 1.82) is 0 Å². The predicted molar refractivity (Wildman–Crippen MR) is 93.8 cm³/mol. The first-order valence-corrected chi connectivity index (χ1v) is 8.89. The molecule has 0 spiro atoms. The lowest BCUT2D eigenvalue weighted by molar-refractivity contribution is 0.0372. The molecule has 0 radical (unpaired) electrons. The maximum atomic E-state index is 12.9. The van der Waals surface area contributed by atoms with E-state index in [1.165, 1.54) is 0 Å². The molecule has 0 bridgehead atoms. The lowest BCUT2D eigenvalue weighted by Gasteiger charge is -2.36. The van der Waals surface area contributed by atoms with Crippen LogP contribution in [0.4, 0.5) is 0 Å². The van der Waals surface area contributed by atoms with Gasteiger partial charge in [-0.3, -0.25) is 4.79 Å². The summed E-state index contributed by atoms with van der Waals surface area (Å²) < 4.78 is 21.0. The summed E-state index contributed by atoms with van der Waals surface area (Å²) in [5.74, 6) is 1.66. The maximum Gasteiger partial charge on any atom is 0.276 e. The van der Waals surface area contributed by atoms with Crippen molar-refractivity contribution in [3.63, 3.8) is 0 Å². The van der Waals surface area contributed by atoms with E-state index >= 15 is 0 Å². The minimum atomic E-state index is -0.679. The summed E-state index contributed by atoms with van der Waals surface area (Å²) in [7, 11) is 1.56. The van der Waals surface area contributed by atoms with Crippen LogP contribution in [0.5, 0.6) is 11.5 Å². The Labute approximate surface area is 156 Å². The van der Waals surface area contributed by atoms with Crippen LogP contribution in [0.1, 0.15) is 39.7 Å². The van der Waals surface area contributed by atoms with Crippen LogP contribution in [0.25, 0.3) is 0 Å². The normalized spacial score (nSPS) is 21.5. The first-order valence-electron chi connectivity index (χ1n) is 8.89. The van der Waals surface area contributed by atoms with Crippen LogP contribution >= 0.6 is 0 Å². The average Bonchev–Trinajstić information content (AvgIpc) is 3.28. The molecule has 0 unspecified atom stereocenters. The number of aliphatic hydroxyl groups excluding tert-OH is 1. The molecule has 1 N–H and O–H groups in total. The first kappa shape index (κ1) is 17.8. The Morgan fingerprint density at radius 2 is 2.19 bits per heavy atom. The fraction of sp³-hybridized carbons (Fsp3) is 0.474. The highest BCUT2D eigenvalue weighted by molar-refractivity contribution is 5.94. The topological polar surface area (TPSA) is 94.3 Å². The summed E-state index contributed by atoms with van der Waals surface area (Å²) in [4.78, 5) is 14.5. The summed E-state index contributed by atoms with van der Waals surface area (Å²) in [6, 6.07) is 5.71. The number of rotatable bonds is 4. The van der Waals surface area contributed by atoms with Crippen molar-refractivity contribution in [2.45, 2.75) is 32.0 Å². The van der Waals surface area contributed by atoms with Crippen molar-refractivity contribution in [3.05, 3.63) is 40.8 Å². The molecule has 2 aromatic rings. The van der Waals surface area contributed by atoms with E-state index in [9.17, 15) is 9.90 Å². The molecule has 3 heterocycles. The molecule has 1 saturated heterocycles. The number of likely N-dealkylation sites (tertiary alicyclic amines) is 1. The van der Waals surface area contributed by atoms with Crippen LogP contribution in [0.3, 0.4) is 0 Å². The number of benzene rings is 1. The third kappa shape index (κ3) is 3.26. The van der Waals surface area contributed by atoms with Gasteiger partial charge in [-0.2, -0.15) is 0 Å². The molecule has 4 rings (SSSR count). The number of aryl methyl sites for hydroxylation is 1. The minimum absolute atomic E-state index is 0.0685. The van der Waals surface area contributed by atoms with E-state index in [0.29, 0.717) is 35.8 Å². The maximum absolute atomic E-state index is 12.9. The lowest BCUT2D eigenvalue weighted by Crippen LogP contribution is -2.46. The zero-order chi connectivity index (χ0) is 19.0. The van der Waals surface area contributed by atoms with E-state index in [0.717, 1.165) is 5.56 Å². The fourth-order valence-corrected chi connectivity index (χ4v) is 3.67. The number of ether oxygens (including phenoxy) is 3.